The molecule has 2 aliphatic rings. The van der Waals surface area contributed by atoms with Crippen molar-refractivity contribution in [1.82, 2.24) is 9.88 Å². The molecular formula is C18H31N3. The summed E-state index contributed by atoms with van der Waals surface area (Å²) in [4.78, 5) is 9.57. The first-order valence-electron chi connectivity index (χ1n) is 8.44. The van der Waals surface area contributed by atoms with Crippen molar-refractivity contribution >= 4 is 5.69 Å². The van der Waals surface area contributed by atoms with Gasteiger partial charge in [0.15, 0.2) is 0 Å². The molecule has 118 valence electrons. The number of pyridine rings is 1. The number of aromatic nitrogens is 1. The SMILES string of the molecule is CC.Cc1ccc(N2CCCC3(CC3)C2)c(CN(C)C)n1. The zero-order chi connectivity index (χ0) is 15.5. The summed E-state index contributed by atoms with van der Waals surface area (Å²) in [6.45, 7) is 9.47. The molecule has 1 saturated heterocycles. The molecule has 0 unspecified atom stereocenters. The Morgan fingerprint density at radius 3 is 2.52 bits per heavy atom. The van der Waals surface area contributed by atoms with Crippen LogP contribution < -0.4 is 4.90 Å². The van der Waals surface area contributed by atoms with Gasteiger partial charge in [-0.2, -0.15) is 0 Å². The zero-order valence-corrected chi connectivity index (χ0v) is 14.4. The fourth-order valence-electron chi connectivity index (χ4n) is 3.31. The highest BCUT2D eigenvalue weighted by Gasteiger charge is 2.45. The molecule has 3 rings (SSSR count). The maximum atomic E-state index is 4.77. The van der Waals surface area contributed by atoms with Crippen LogP contribution in [0.1, 0.15) is 50.9 Å². The number of anilines is 1. The van der Waals surface area contributed by atoms with E-state index in [0.29, 0.717) is 5.41 Å². The molecular weight excluding hydrogens is 258 g/mol. The number of rotatable bonds is 3. The number of hydrogen-bond acceptors (Lipinski definition) is 3. The van der Waals surface area contributed by atoms with Crippen LogP contribution in [-0.4, -0.2) is 37.1 Å². The molecule has 0 amide bonds. The first-order chi connectivity index (χ1) is 10.1. The van der Waals surface area contributed by atoms with Gasteiger partial charge in [0.1, 0.15) is 0 Å². The van der Waals surface area contributed by atoms with E-state index < -0.39 is 0 Å². The topological polar surface area (TPSA) is 19.4 Å². The lowest BCUT2D eigenvalue weighted by Crippen LogP contribution is -2.37. The van der Waals surface area contributed by atoms with E-state index >= 15 is 0 Å². The van der Waals surface area contributed by atoms with Crippen LogP contribution in [0.3, 0.4) is 0 Å². The number of nitrogens with zero attached hydrogens (tertiary/aromatic N) is 3. The predicted octanol–water partition coefficient (Wildman–Crippen LogP) is 3.86. The summed E-state index contributed by atoms with van der Waals surface area (Å²) in [7, 11) is 4.23. The maximum absolute atomic E-state index is 4.77. The molecule has 1 aliphatic heterocycles. The molecule has 1 saturated carbocycles. The van der Waals surface area contributed by atoms with Gasteiger partial charge in [-0.15, -0.1) is 0 Å². The van der Waals surface area contributed by atoms with Gasteiger partial charge in [0.05, 0.1) is 11.4 Å². The van der Waals surface area contributed by atoms with Crippen LogP contribution in [0, 0.1) is 12.3 Å². The lowest BCUT2D eigenvalue weighted by molar-refractivity contribution is 0.383. The van der Waals surface area contributed by atoms with E-state index in [2.05, 4.69) is 43.0 Å². The molecule has 0 aromatic carbocycles. The second-order valence-electron chi connectivity index (χ2n) is 6.68. The van der Waals surface area contributed by atoms with Gasteiger partial charge in [-0.1, -0.05) is 13.8 Å². The van der Waals surface area contributed by atoms with Crippen LogP contribution in [-0.2, 0) is 6.54 Å². The van der Waals surface area contributed by atoms with E-state index in [4.69, 9.17) is 4.98 Å². The molecule has 1 spiro atoms. The average molecular weight is 289 g/mol. The quantitative estimate of drug-likeness (QED) is 0.842. The molecule has 21 heavy (non-hydrogen) atoms. The lowest BCUT2D eigenvalue weighted by Gasteiger charge is -2.36. The normalized spacial score (nSPS) is 19.4. The molecule has 0 bridgehead atoms. The summed E-state index contributed by atoms with van der Waals surface area (Å²) >= 11 is 0. The summed E-state index contributed by atoms with van der Waals surface area (Å²) in [5, 5.41) is 0. The second kappa shape index (κ2) is 6.78. The van der Waals surface area contributed by atoms with Gasteiger partial charge in [-0.25, -0.2) is 0 Å². The molecule has 2 fully saturated rings. The van der Waals surface area contributed by atoms with E-state index in [9.17, 15) is 0 Å². The van der Waals surface area contributed by atoms with Gasteiger partial charge in [0.2, 0.25) is 0 Å². The molecule has 1 aromatic rings. The summed E-state index contributed by atoms with van der Waals surface area (Å²) < 4.78 is 0. The first-order valence-corrected chi connectivity index (χ1v) is 8.44. The summed E-state index contributed by atoms with van der Waals surface area (Å²) in [6, 6.07) is 4.44. The van der Waals surface area contributed by atoms with Gasteiger partial charge in [-0.05, 0) is 64.3 Å². The Kier molecular flexibility index (Phi) is 5.26. The molecule has 0 N–H and O–H groups in total. The van der Waals surface area contributed by atoms with Gasteiger partial charge < -0.3 is 9.80 Å². The van der Waals surface area contributed by atoms with Crippen molar-refractivity contribution in [3.8, 4) is 0 Å². The molecule has 0 radical (unpaired) electrons. The van der Waals surface area contributed by atoms with Crippen molar-refractivity contribution < 1.29 is 0 Å². The van der Waals surface area contributed by atoms with E-state index in [0.717, 1.165) is 12.2 Å². The van der Waals surface area contributed by atoms with E-state index in [1.807, 2.05) is 13.8 Å². The lowest BCUT2D eigenvalue weighted by atomic mass is 9.94. The summed E-state index contributed by atoms with van der Waals surface area (Å²) in [6.07, 6.45) is 5.65. The van der Waals surface area contributed by atoms with E-state index in [1.165, 1.54) is 50.2 Å². The van der Waals surface area contributed by atoms with Crippen molar-refractivity contribution in [2.45, 2.75) is 53.0 Å². The zero-order valence-electron chi connectivity index (χ0n) is 14.4. The third-order valence-electron chi connectivity index (χ3n) is 4.51. The Labute approximate surface area is 130 Å². The van der Waals surface area contributed by atoms with Crippen LogP contribution in [0.2, 0.25) is 0 Å². The second-order valence-corrected chi connectivity index (χ2v) is 6.68. The number of hydrogen-bond donors (Lipinski definition) is 0. The first kappa shape index (κ1) is 16.3. The highest BCUT2D eigenvalue weighted by atomic mass is 15.2. The molecule has 1 aliphatic carbocycles. The van der Waals surface area contributed by atoms with Crippen molar-refractivity contribution in [2.75, 3.05) is 32.1 Å². The van der Waals surface area contributed by atoms with Crippen molar-refractivity contribution in [3.05, 3.63) is 23.5 Å². The minimum absolute atomic E-state index is 0.665. The smallest absolute Gasteiger partial charge is 0.0779 e. The number of piperidine rings is 1. The van der Waals surface area contributed by atoms with Crippen LogP contribution in [0.25, 0.3) is 0 Å². The van der Waals surface area contributed by atoms with Crippen LogP contribution in [0.5, 0.6) is 0 Å². The van der Waals surface area contributed by atoms with E-state index in [-0.39, 0.29) is 0 Å². The van der Waals surface area contributed by atoms with Crippen LogP contribution in [0.15, 0.2) is 12.1 Å². The van der Waals surface area contributed by atoms with Crippen LogP contribution in [0.4, 0.5) is 5.69 Å². The molecule has 3 nitrogen and oxygen atoms in total. The Morgan fingerprint density at radius 2 is 1.90 bits per heavy atom. The van der Waals surface area contributed by atoms with Crippen molar-refractivity contribution in [3.63, 3.8) is 0 Å². The Bertz CT molecular complexity index is 464. The molecule has 0 atom stereocenters. The summed E-state index contributed by atoms with van der Waals surface area (Å²) in [5.74, 6) is 0. The van der Waals surface area contributed by atoms with Crippen LogP contribution >= 0.6 is 0 Å². The number of aryl methyl sites for hydroxylation is 1. The Morgan fingerprint density at radius 1 is 1.19 bits per heavy atom. The van der Waals surface area contributed by atoms with Gasteiger partial charge in [0, 0.05) is 25.3 Å². The molecule has 2 heterocycles. The fourth-order valence-corrected chi connectivity index (χ4v) is 3.31. The van der Waals surface area contributed by atoms with Crippen molar-refractivity contribution in [1.29, 1.82) is 0 Å². The largest absolute Gasteiger partial charge is 0.369 e. The van der Waals surface area contributed by atoms with Gasteiger partial charge >= 0.3 is 0 Å². The standard InChI is InChI=1S/C16H25N3.C2H6/c1-13-5-6-15(14(17-13)11-18(2)3)19-10-4-7-16(12-19)8-9-16;1-2/h5-6H,4,7-12H2,1-3H3;1-2H3. The molecule has 1 aromatic heterocycles. The Balaban J connectivity index is 0.000000774. The maximum Gasteiger partial charge on any atom is 0.0779 e. The third kappa shape index (κ3) is 3.97. The minimum Gasteiger partial charge on any atom is -0.369 e. The fraction of sp³-hybridized carbons (Fsp3) is 0.722. The summed E-state index contributed by atoms with van der Waals surface area (Å²) in [5.41, 5.74) is 4.39. The van der Waals surface area contributed by atoms with Gasteiger partial charge in [-0.3, -0.25) is 4.98 Å². The third-order valence-corrected chi connectivity index (χ3v) is 4.51. The Hall–Kier alpha value is -1.09. The van der Waals surface area contributed by atoms with Gasteiger partial charge in [0.25, 0.3) is 0 Å². The molecule has 3 heteroatoms. The van der Waals surface area contributed by atoms with Crippen molar-refractivity contribution in [2.24, 2.45) is 5.41 Å². The highest BCUT2D eigenvalue weighted by Crippen LogP contribution is 2.52. The highest BCUT2D eigenvalue weighted by molar-refractivity contribution is 5.52. The van der Waals surface area contributed by atoms with E-state index in [1.54, 1.807) is 0 Å². The monoisotopic (exact) mass is 289 g/mol. The average Bonchev–Trinajstić information content (AvgIpc) is 3.19. The predicted molar refractivity (Wildman–Crippen MR) is 90.8 cm³/mol. The minimum atomic E-state index is 0.665.